The largest absolute Gasteiger partial charge is 0.384 e. The summed E-state index contributed by atoms with van der Waals surface area (Å²) in [5.74, 6) is -0.436. The molecule has 1 heterocycles. The van der Waals surface area contributed by atoms with Crippen molar-refractivity contribution in [3.63, 3.8) is 0 Å². The van der Waals surface area contributed by atoms with E-state index in [2.05, 4.69) is 4.98 Å². The minimum absolute atomic E-state index is 0.0394. The lowest BCUT2D eigenvalue weighted by Crippen LogP contribution is -2.32. The van der Waals surface area contributed by atoms with E-state index in [1.54, 1.807) is 31.3 Å². The average Bonchev–Trinajstić information content (AvgIpc) is 2.55. The first-order chi connectivity index (χ1) is 11.0. The molecule has 3 aromatic rings. The molecule has 0 spiro atoms. The maximum atomic E-state index is 12.7. The van der Waals surface area contributed by atoms with Gasteiger partial charge in [0, 0.05) is 23.1 Å². The summed E-state index contributed by atoms with van der Waals surface area (Å²) >= 11 is 5.94. The Bertz CT molecular complexity index is 951. The smallest absolute Gasteiger partial charge is 0.265 e. The number of para-hydroxylation sites is 1. The number of aromatic amines is 1. The van der Waals surface area contributed by atoms with Gasteiger partial charge >= 0.3 is 0 Å². The van der Waals surface area contributed by atoms with Crippen molar-refractivity contribution in [1.29, 1.82) is 0 Å². The zero-order chi connectivity index (χ0) is 16.6. The van der Waals surface area contributed by atoms with Gasteiger partial charge in [-0.05, 0) is 30.3 Å². The number of amides is 1. The van der Waals surface area contributed by atoms with Gasteiger partial charge in [-0.15, -0.1) is 0 Å². The number of nitrogens with zero attached hydrogens (tertiary/aromatic N) is 1. The number of hydrogen-bond donors (Lipinski definition) is 2. The molecule has 3 rings (SSSR count). The standard InChI is InChI=1S/C17H14ClN3O2/c1-21(11-5-3-2-4-6-11)17(23)14-15(22)12-9-10(18)7-8-13(12)20-16(14)19/h2-9H,1H3,(H3,19,20,22). The van der Waals surface area contributed by atoms with E-state index >= 15 is 0 Å². The fraction of sp³-hybridized carbons (Fsp3) is 0.0588. The molecule has 1 aromatic heterocycles. The third-order valence-corrected chi connectivity index (χ3v) is 3.89. The fourth-order valence-electron chi connectivity index (χ4n) is 2.43. The van der Waals surface area contributed by atoms with E-state index in [0.717, 1.165) is 0 Å². The van der Waals surface area contributed by atoms with Gasteiger partial charge in [0.05, 0.1) is 5.52 Å². The van der Waals surface area contributed by atoms with Crippen LogP contribution in [-0.4, -0.2) is 17.9 Å². The van der Waals surface area contributed by atoms with Gasteiger partial charge in [-0.2, -0.15) is 0 Å². The maximum absolute atomic E-state index is 12.7. The highest BCUT2D eigenvalue weighted by molar-refractivity contribution is 6.31. The second kappa shape index (κ2) is 5.78. The number of benzene rings is 2. The van der Waals surface area contributed by atoms with E-state index in [1.165, 1.54) is 11.0 Å². The number of pyridine rings is 1. The van der Waals surface area contributed by atoms with Crippen LogP contribution >= 0.6 is 11.6 Å². The first-order valence-corrected chi connectivity index (χ1v) is 7.31. The zero-order valence-corrected chi connectivity index (χ0v) is 13.1. The number of nitrogen functional groups attached to an aromatic ring is 1. The molecule has 0 saturated heterocycles. The molecule has 0 atom stereocenters. The van der Waals surface area contributed by atoms with Crippen molar-refractivity contribution in [2.45, 2.75) is 0 Å². The molecule has 0 aliphatic rings. The average molecular weight is 328 g/mol. The van der Waals surface area contributed by atoms with Crippen LogP contribution in [-0.2, 0) is 0 Å². The van der Waals surface area contributed by atoms with Crippen LogP contribution in [0.5, 0.6) is 0 Å². The first kappa shape index (κ1) is 15.1. The first-order valence-electron chi connectivity index (χ1n) is 6.93. The molecule has 0 aliphatic heterocycles. The zero-order valence-electron chi connectivity index (χ0n) is 12.3. The van der Waals surface area contributed by atoms with E-state index in [4.69, 9.17) is 17.3 Å². The van der Waals surface area contributed by atoms with Crippen LogP contribution in [0.25, 0.3) is 10.9 Å². The molecule has 3 N–H and O–H groups in total. The Hall–Kier alpha value is -2.79. The molecule has 0 bridgehead atoms. The molecule has 0 aliphatic carbocycles. The van der Waals surface area contributed by atoms with Gasteiger partial charge in [0.2, 0.25) is 5.43 Å². The van der Waals surface area contributed by atoms with E-state index < -0.39 is 11.3 Å². The third-order valence-electron chi connectivity index (χ3n) is 3.65. The number of anilines is 2. The van der Waals surface area contributed by atoms with Crippen LogP contribution in [0.1, 0.15) is 10.4 Å². The number of carbonyl (C=O) groups excluding carboxylic acids is 1. The summed E-state index contributed by atoms with van der Waals surface area (Å²) in [5, 5.41) is 0.749. The van der Waals surface area contributed by atoms with Gasteiger partial charge in [0.1, 0.15) is 11.4 Å². The number of hydrogen-bond acceptors (Lipinski definition) is 3. The van der Waals surface area contributed by atoms with Crippen molar-refractivity contribution >= 4 is 39.9 Å². The number of nitrogens with one attached hydrogen (secondary N) is 1. The molecular formula is C17H14ClN3O2. The summed E-state index contributed by atoms with van der Waals surface area (Å²) in [6.45, 7) is 0. The van der Waals surface area contributed by atoms with Gasteiger partial charge in [0.15, 0.2) is 0 Å². The Labute approximate surface area is 137 Å². The van der Waals surface area contributed by atoms with Crippen molar-refractivity contribution in [2.24, 2.45) is 0 Å². The van der Waals surface area contributed by atoms with E-state index in [9.17, 15) is 9.59 Å². The topological polar surface area (TPSA) is 79.2 Å². The molecule has 23 heavy (non-hydrogen) atoms. The lowest BCUT2D eigenvalue weighted by atomic mass is 10.1. The van der Waals surface area contributed by atoms with Crippen LogP contribution in [0.2, 0.25) is 5.02 Å². The SMILES string of the molecule is CN(C(=O)c1c(N)[nH]c2ccc(Cl)cc2c1=O)c1ccccc1. The maximum Gasteiger partial charge on any atom is 0.265 e. The van der Waals surface area contributed by atoms with Gasteiger partial charge in [-0.25, -0.2) is 0 Å². The van der Waals surface area contributed by atoms with E-state index in [1.807, 2.05) is 18.2 Å². The summed E-state index contributed by atoms with van der Waals surface area (Å²) in [4.78, 5) is 29.7. The van der Waals surface area contributed by atoms with Gasteiger partial charge in [-0.1, -0.05) is 29.8 Å². The highest BCUT2D eigenvalue weighted by atomic mass is 35.5. The second-order valence-corrected chi connectivity index (χ2v) is 5.57. The second-order valence-electron chi connectivity index (χ2n) is 5.13. The van der Waals surface area contributed by atoms with Crippen LogP contribution in [0.3, 0.4) is 0 Å². The number of nitrogens with two attached hydrogens (primary N) is 1. The Morgan fingerprint density at radius 3 is 2.57 bits per heavy atom. The molecule has 0 fully saturated rings. The number of rotatable bonds is 2. The minimum Gasteiger partial charge on any atom is -0.384 e. The summed E-state index contributed by atoms with van der Waals surface area (Å²) < 4.78 is 0. The summed E-state index contributed by atoms with van der Waals surface area (Å²) in [5.41, 5.74) is 6.58. The lowest BCUT2D eigenvalue weighted by molar-refractivity contribution is 0.0993. The summed E-state index contributed by atoms with van der Waals surface area (Å²) in [6.07, 6.45) is 0. The van der Waals surface area contributed by atoms with E-state index in [0.29, 0.717) is 21.6 Å². The van der Waals surface area contributed by atoms with Gasteiger partial charge < -0.3 is 15.6 Å². The summed E-state index contributed by atoms with van der Waals surface area (Å²) in [6, 6.07) is 13.9. The normalized spacial score (nSPS) is 10.7. The van der Waals surface area contributed by atoms with Crippen molar-refractivity contribution in [3.05, 3.63) is 69.3 Å². The van der Waals surface area contributed by atoms with Crippen molar-refractivity contribution in [3.8, 4) is 0 Å². The Morgan fingerprint density at radius 1 is 1.17 bits per heavy atom. The lowest BCUT2D eigenvalue weighted by Gasteiger charge is -2.18. The van der Waals surface area contributed by atoms with Crippen molar-refractivity contribution in [2.75, 3.05) is 17.7 Å². The minimum atomic E-state index is -0.475. The number of H-pyrrole nitrogens is 1. The number of fused-ring (bicyclic) bond motifs is 1. The van der Waals surface area contributed by atoms with Crippen LogP contribution in [0.15, 0.2) is 53.3 Å². The third kappa shape index (κ3) is 2.66. The van der Waals surface area contributed by atoms with Gasteiger partial charge in [-0.3, -0.25) is 9.59 Å². The predicted molar refractivity (Wildman–Crippen MR) is 93.2 cm³/mol. The Balaban J connectivity index is 2.16. The van der Waals surface area contributed by atoms with Crippen LogP contribution < -0.4 is 16.1 Å². The van der Waals surface area contributed by atoms with Crippen molar-refractivity contribution < 1.29 is 4.79 Å². The van der Waals surface area contributed by atoms with Gasteiger partial charge in [0.25, 0.3) is 5.91 Å². The molecule has 116 valence electrons. The molecule has 0 radical (unpaired) electrons. The number of halogens is 1. The molecule has 2 aromatic carbocycles. The Kier molecular flexibility index (Phi) is 3.80. The fourth-order valence-corrected chi connectivity index (χ4v) is 2.60. The monoisotopic (exact) mass is 327 g/mol. The molecular weight excluding hydrogens is 314 g/mol. The Morgan fingerprint density at radius 2 is 1.87 bits per heavy atom. The molecule has 6 heteroatoms. The van der Waals surface area contributed by atoms with Crippen LogP contribution in [0.4, 0.5) is 11.5 Å². The highest BCUT2D eigenvalue weighted by Crippen LogP contribution is 2.20. The number of aromatic nitrogens is 1. The molecule has 5 nitrogen and oxygen atoms in total. The summed E-state index contributed by atoms with van der Waals surface area (Å²) in [7, 11) is 1.60. The molecule has 0 unspecified atom stereocenters. The number of carbonyl (C=O) groups is 1. The highest BCUT2D eigenvalue weighted by Gasteiger charge is 2.21. The van der Waals surface area contributed by atoms with Crippen LogP contribution in [0, 0.1) is 0 Å². The predicted octanol–water partition coefficient (Wildman–Crippen LogP) is 3.04. The quantitative estimate of drug-likeness (QED) is 0.759. The molecule has 0 saturated carbocycles. The molecule has 1 amide bonds. The van der Waals surface area contributed by atoms with Crippen molar-refractivity contribution in [1.82, 2.24) is 4.98 Å². The van der Waals surface area contributed by atoms with E-state index in [-0.39, 0.29) is 11.4 Å².